The van der Waals surface area contributed by atoms with E-state index >= 15 is 0 Å². The Balaban J connectivity index is 2.00. The first kappa shape index (κ1) is 16.6. The van der Waals surface area contributed by atoms with Gasteiger partial charge in [0.2, 0.25) is 10.0 Å². The topological polar surface area (TPSA) is 56.8 Å². The molecular formula is C13H21ClN4O2S. The van der Waals surface area contributed by atoms with E-state index < -0.39 is 10.0 Å². The van der Waals surface area contributed by atoms with Gasteiger partial charge < -0.3 is 4.90 Å². The third-order valence-electron chi connectivity index (χ3n) is 3.54. The van der Waals surface area contributed by atoms with Gasteiger partial charge in [0.25, 0.3) is 0 Å². The fourth-order valence-corrected chi connectivity index (χ4v) is 4.09. The van der Waals surface area contributed by atoms with Crippen molar-refractivity contribution in [1.29, 1.82) is 0 Å². The molecule has 0 radical (unpaired) electrons. The summed E-state index contributed by atoms with van der Waals surface area (Å²) in [4.78, 5) is 8.34. The highest BCUT2D eigenvalue weighted by Crippen LogP contribution is 2.23. The van der Waals surface area contributed by atoms with Gasteiger partial charge in [0, 0.05) is 45.5 Å². The molecule has 0 aromatic carbocycles. The molecule has 0 unspecified atom stereocenters. The average molecular weight is 333 g/mol. The molecule has 1 aliphatic heterocycles. The molecule has 2 rings (SSSR count). The molecule has 0 aliphatic carbocycles. The number of piperazine rings is 1. The molecule has 1 aromatic heterocycles. The van der Waals surface area contributed by atoms with Crippen molar-refractivity contribution < 1.29 is 8.42 Å². The SMILES string of the molecule is CN(C)CCN1CCN(S(=O)(=O)c2cccnc2Cl)CC1. The molecule has 1 aromatic rings. The van der Waals surface area contributed by atoms with Crippen LogP contribution in [0.25, 0.3) is 0 Å². The molecule has 0 N–H and O–H groups in total. The first-order valence-corrected chi connectivity index (χ1v) is 8.71. The van der Waals surface area contributed by atoms with Crippen LogP contribution in [-0.4, -0.2) is 80.9 Å². The number of nitrogens with zero attached hydrogens (tertiary/aromatic N) is 4. The summed E-state index contributed by atoms with van der Waals surface area (Å²) in [5.74, 6) is 0. The van der Waals surface area contributed by atoms with Crippen LogP contribution in [0.1, 0.15) is 0 Å². The molecule has 2 heterocycles. The van der Waals surface area contributed by atoms with Crippen molar-refractivity contribution in [3.05, 3.63) is 23.5 Å². The number of aromatic nitrogens is 1. The van der Waals surface area contributed by atoms with E-state index in [0.29, 0.717) is 13.1 Å². The van der Waals surface area contributed by atoms with Crippen LogP contribution < -0.4 is 0 Å². The summed E-state index contributed by atoms with van der Waals surface area (Å²) in [7, 11) is 0.520. The van der Waals surface area contributed by atoms with Crippen molar-refractivity contribution in [3.63, 3.8) is 0 Å². The van der Waals surface area contributed by atoms with Crippen molar-refractivity contribution >= 4 is 21.6 Å². The smallest absolute Gasteiger partial charge is 0.246 e. The predicted molar refractivity (Wildman–Crippen MR) is 83.0 cm³/mol. The second-order valence-corrected chi connectivity index (χ2v) is 7.61. The van der Waals surface area contributed by atoms with Gasteiger partial charge in [0.1, 0.15) is 10.0 Å². The molecule has 1 fully saturated rings. The Morgan fingerprint density at radius 3 is 2.52 bits per heavy atom. The van der Waals surface area contributed by atoms with E-state index in [4.69, 9.17) is 11.6 Å². The number of rotatable bonds is 5. The van der Waals surface area contributed by atoms with Crippen molar-refractivity contribution in [1.82, 2.24) is 19.1 Å². The van der Waals surface area contributed by atoms with Crippen LogP contribution in [0.3, 0.4) is 0 Å². The quantitative estimate of drug-likeness (QED) is 0.739. The molecule has 0 amide bonds. The summed E-state index contributed by atoms with van der Waals surface area (Å²) in [6.45, 7) is 4.38. The molecule has 0 spiro atoms. The highest BCUT2D eigenvalue weighted by molar-refractivity contribution is 7.89. The highest BCUT2D eigenvalue weighted by Gasteiger charge is 2.30. The summed E-state index contributed by atoms with van der Waals surface area (Å²) in [5, 5.41) is 0.0348. The van der Waals surface area contributed by atoms with E-state index in [1.165, 1.54) is 16.6 Å². The highest BCUT2D eigenvalue weighted by atomic mass is 35.5. The molecule has 1 aliphatic rings. The van der Waals surface area contributed by atoms with Crippen molar-refractivity contribution in [2.45, 2.75) is 4.90 Å². The van der Waals surface area contributed by atoms with E-state index in [-0.39, 0.29) is 10.0 Å². The number of hydrogen-bond acceptors (Lipinski definition) is 5. The molecule has 0 saturated carbocycles. The van der Waals surface area contributed by atoms with Gasteiger partial charge in [0.05, 0.1) is 0 Å². The van der Waals surface area contributed by atoms with Gasteiger partial charge in [-0.2, -0.15) is 4.31 Å². The van der Waals surface area contributed by atoms with Gasteiger partial charge in [-0.15, -0.1) is 0 Å². The van der Waals surface area contributed by atoms with Crippen LogP contribution in [0.5, 0.6) is 0 Å². The summed E-state index contributed by atoms with van der Waals surface area (Å²) < 4.78 is 26.6. The molecule has 118 valence electrons. The lowest BCUT2D eigenvalue weighted by Crippen LogP contribution is -2.49. The maximum absolute atomic E-state index is 12.6. The fourth-order valence-electron chi connectivity index (χ4n) is 2.24. The maximum Gasteiger partial charge on any atom is 0.246 e. The first-order valence-electron chi connectivity index (χ1n) is 6.89. The summed E-state index contributed by atoms with van der Waals surface area (Å²) in [5.41, 5.74) is 0. The molecule has 1 saturated heterocycles. The molecule has 8 heteroatoms. The molecule has 21 heavy (non-hydrogen) atoms. The monoisotopic (exact) mass is 332 g/mol. The lowest BCUT2D eigenvalue weighted by atomic mass is 10.3. The van der Waals surface area contributed by atoms with Gasteiger partial charge in [-0.3, -0.25) is 4.90 Å². The van der Waals surface area contributed by atoms with Crippen LogP contribution >= 0.6 is 11.6 Å². The van der Waals surface area contributed by atoms with Crippen LogP contribution in [0, 0.1) is 0 Å². The summed E-state index contributed by atoms with van der Waals surface area (Å²) >= 11 is 5.91. The number of hydrogen-bond donors (Lipinski definition) is 0. The number of pyridine rings is 1. The Hall–Kier alpha value is -0.730. The molecular weight excluding hydrogens is 312 g/mol. The normalized spacial score (nSPS) is 18.3. The summed E-state index contributed by atoms with van der Waals surface area (Å²) in [6, 6.07) is 3.09. The lowest BCUT2D eigenvalue weighted by molar-refractivity contribution is 0.174. The van der Waals surface area contributed by atoms with Gasteiger partial charge in [-0.1, -0.05) is 11.6 Å². The van der Waals surface area contributed by atoms with Gasteiger partial charge in [-0.25, -0.2) is 13.4 Å². The van der Waals surface area contributed by atoms with Crippen molar-refractivity contribution in [3.8, 4) is 0 Å². The third kappa shape index (κ3) is 4.14. The molecule has 0 bridgehead atoms. The minimum atomic E-state index is -3.55. The van der Waals surface area contributed by atoms with Crippen LogP contribution in [-0.2, 0) is 10.0 Å². The van der Waals surface area contributed by atoms with E-state index in [9.17, 15) is 8.42 Å². The van der Waals surface area contributed by atoms with E-state index in [0.717, 1.165) is 26.2 Å². The minimum Gasteiger partial charge on any atom is -0.308 e. The zero-order valence-electron chi connectivity index (χ0n) is 12.4. The number of halogens is 1. The second kappa shape index (κ2) is 7.02. The number of sulfonamides is 1. The van der Waals surface area contributed by atoms with Crippen molar-refractivity contribution in [2.75, 3.05) is 53.4 Å². The maximum atomic E-state index is 12.6. The second-order valence-electron chi connectivity index (χ2n) is 5.34. The Kier molecular flexibility index (Phi) is 5.56. The van der Waals surface area contributed by atoms with E-state index in [1.807, 2.05) is 14.1 Å². The average Bonchev–Trinajstić information content (AvgIpc) is 2.46. The third-order valence-corrected chi connectivity index (χ3v) is 5.88. The van der Waals surface area contributed by atoms with E-state index in [1.54, 1.807) is 6.07 Å². The zero-order chi connectivity index (χ0) is 15.5. The summed E-state index contributed by atoms with van der Waals surface area (Å²) in [6.07, 6.45) is 1.49. The largest absolute Gasteiger partial charge is 0.308 e. The number of likely N-dealkylation sites (N-methyl/N-ethyl adjacent to an activating group) is 1. The Labute approximate surface area is 131 Å². The molecule has 6 nitrogen and oxygen atoms in total. The van der Waals surface area contributed by atoms with Gasteiger partial charge in [-0.05, 0) is 26.2 Å². The lowest BCUT2D eigenvalue weighted by Gasteiger charge is -2.34. The van der Waals surface area contributed by atoms with Crippen LogP contribution in [0.2, 0.25) is 5.15 Å². The predicted octanol–water partition coefficient (Wildman–Crippen LogP) is 0.603. The van der Waals surface area contributed by atoms with E-state index in [2.05, 4.69) is 14.8 Å². The Morgan fingerprint density at radius 1 is 1.29 bits per heavy atom. The van der Waals surface area contributed by atoms with Gasteiger partial charge in [0.15, 0.2) is 0 Å². The Morgan fingerprint density at radius 2 is 1.95 bits per heavy atom. The van der Waals surface area contributed by atoms with Crippen LogP contribution in [0.4, 0.5) is 0 Å². The Bertz CT molecular complexity index is 571. The molecule has 0 atom stereocenters. The van der Waals surface area contributed by atoms with Crippen molar-refractivity contribution in [2.24, 2.45) is 0 Å². The minimum absolute atomic E-state index is 0.0348. The fraction of sp³-hybridized carbons (Fsp3) is 0.615. The van der Waals surface area contributed by atoms with Gasteiger partial charge >= 0.3 is 0 Å². The zero-order valence-corrected chi connectivity index (χ0v) is 13.9. The van der Waals surface area contributed by atoms with Crippen LogP contribution in [0.15, 0.2) is 23.2 Å². The standard InChI is InChI=1S/C13H21ClN4O2S/c1-16(2)6-7-17-8-10-18(11-9-17)21(19,20)12-4-3-5-15-13(12)14/h3-5H,6-11H2,1-2H3. The first-order chi connectivity index (χ1) is 9.91.